The van der Waals surface area contributed by atoms with E-state index in [0.29, 0.717) is 23.5 Å². The van der Waals surface area contributed by atoms with Crippen LogP contribution in [0.25, 0.3) is 21.7 Å². The summed E-state index contributed by atoms with van der Waals surface area (Å²) in [4.78, 5) is 28.0. The molecule has 0 fully saturated rings. The minimum absolute atomic E-state index is 0.117. The first kappa shape index (κ1) is 22.6. The summed E-state index contributed by atoms with van der Waals surface area (Å²) in [5, 5.41) is 14.2. The van der Waals surface area contributed by atoms with Crippen LogP contribution in [0.3, 0.4) is 0 Å². The lowest BCUT2D eigenvalue weighted by Gasteiger charge is -2.26. The molecule has 2 heterocycles. The molecule has 0 bridgehead atoms. The molecule has 0 spiro atoms. The standard InChI is InChI=1S/C24H31N3O4/c1-15(12-24(2,3)4)10-16(26-23(29)30)14-31-17-6-7-19-18-8-9-25-13-20(18)22(28)27(5)21(19)11-17/h6-9,11,13,15-16,26H,10,12,14H2,1-5H3,(H,29,30). The van der Waals surface area contributed by atoms with E-state index in [0.717, 1.165) is 22.7 Å². The first-order valence-electron chi connectivity index (χ1n) is 10.5. The first-order chi connectivity index (χ1) is 14.5. The van der Waals surface area contributed by atoms with Crippen molar-refractivity contribution in [1.29, 1.82) is 0 Å². The first-order valence-corrected chi connectivity index (χ1v) is 10.5. The maximum atomic E-state index is 12.7. The van der Waals surface area contributed by atoms with Gasteiger partial charge in [0, 0.05) is 30.9 Å². The van der Waals surface area contributed by atoms with Gasteiger partial charge in [0.25, 0.3) is 5.56 Å². The number of nitrogens with zero attached hydrogens (tertiary/aromatic N) is 2. The number of aromatic nitrogens is 2. The number of carboxylic acid groups (broad SMARTS) is 1. The second-order valence-electron chi connectivity index (χ2n) is 9.53. The molecule has 2 aromatic heterocycles. The molecule has 3 aromatic rings. The lowest BCUT2D eigenvalue weighted by molar-refractivity contribution is 0.172. The third-order valence-electron chi connectivity index (χ3n) is 5.40. The molecule has 0 saturated heterocycles. The van der Waals surface area contributed by atoms with E-state index < -0.39 is 6.09 Å². The number of ether oxygens (including phenoxy) is 1. The molecule has 0 aliphatic heterocycles. The summed E-state index contributed by atoms with van der Waals surface area (Å²) < 4.78 is 7.55. The second kappa shape index (κ2) is 8.96. The van der Waals surface area contributed by atoms with E-state index in [-0.39, 0.29) is 23.6 Å². The van der Waals surface area contributed by atoms with Gasteiger partial charge in [-0.15, -0.1) is 0 Å². The van der Waals surface area contributed by atoms with Gasteiger partial charge in [0.2, 0.25) is 0 Å². The quantitative estimate of drug-likeness (QED) is 0.541. The number of nitrogens with one attached hydrogen (secondary N) is 1. The van der Waals surface area contributed by atoms with Crippen LogP contribution in [-0.2, 0) is 7.05 Å². The van der Waals surface area contributed by atoms with Gasteiger partial charge in [-0.05, 0) is 47.8 Å². The molecule has 31 heavy (non-hydrogen) atoms. The van der Waals surface area contributed by atoms with Crippen LogP contribution in [0.4, 0.5) is 4.79 Å². The number of carbonyl (C=O) groups is 1. The SMILES string of the molecule is CC(CC(COc1ccc2c3ccncc3c(=O)n(C)c2c1)NC(=O)O)CC(C)(C)C. The van der Waals surface area contributed by atoms with Crippen LogP contribution < -0.4 is 15.6 Å². The summed E-state index contributed by atoms with van der Waals surface area (Å²) in [7, 11) is 1.73. The van der Waals surface area contributed by atoms with Gasteiger partial charge in [0.15, 0.2) is 0 Å². The smallest absolute Gasteiger partial charge is 0.404 e. The van der Waals surface area contributed by atoms with Crippen LogP contribution >= 0.6 is 0 Å². The van der Waals surface area contributed by atoms with Crippen molar-refractivity contribution in [3.63, 3.8) is 0 Å². The van der Waals surface area contributed by atoms with Crippen LogP contribution in [0.1, 0.15) is 40.5 Å². The highest BCUT2D eigenvalue weighted by molar-refractivity contribution is 6.05. The van der Waals surface area contributed by atoms with Gasteiger partial charge >= 0.3 is 6.09 Å². The Labute approximate surface area is 182 Å². The normalized spacial score (nSPS) is 13.8. The Bertz CT molecular complexity index is 1150. The number of pyridine rings is 2. The van der Waals surface area contributed by atoms with Crippen molar-refractivity contribution in [1.82, 2.24) is 14.9 Å². The molecule has 2 N–H and O–H groups in total. The van der Waals surface area contributed by atoms with Gasteiger partial charge in [-0.3, -0.25) is 9.78 Å². The lowest BCUT2D eigenvalue weighted by Crippen LogP contribution is -2.39. The third-order valence-corrected chi connectivity index (χ3v) is 5.40. The zero-order chi connectivity index (χ0) is 22.8. The molecule has 0 aliphatic carbocycles. The van der Waals surface area contributed by atoms with E-state index in [1.807, 2.05) is 24.3 Å². The molecule has 2 unspecified atom stereocenters. The van der Waals surface area contributed by atoms with Crippen molar-refractivity contribution in [3.8, 4) is 5.75 Å². The minimum Gasteiger partial charge on any atom is -0.491 e. The van der Waals surface area contributed by atoms with Gasteiger partial charge in [-0.2, -0.15) is 0 Å². The molecular weight excluding hydrogens is 394 g/mol. The number of hydrogen-bond acceptors (Lipinski definition) is 4. The van der Waals surface area contributed by atoms with Crippen molar-refractivity contribution in [3.05, 3.63) is 47.0 Å². The number of aryl methyl sites for hydroxylation is 1. The molecule has 7 nitrogen and oxygen atoms in total. The fourth-order valence-electron chi connectivity index (χ4n) is 4.35. The Kier molecular flexibility index (Phi) is 6.53. The Balaban J connectivity index is 1.82. The third kappa shape index (κ3) is 5.54. The molecule has 0 saturated carbocycles. The highest BCUT2D eigenvalue weighted by atomic mass is 16.5. The molecule has 0 radical (unpaired) electrons. The average molecular weight is 426 g/mol. The van der Waals surface area contributed by atoms with E-state index in [9.17, 15) is 14.7 Å². The lowest BCUT2D eigenvalue weighted by atomic mass is 9.83. The molecule has 0 aliphatic rings. The van der Waals surface area contributed by atoms with Crippen LogP contribution in [0.5, 0.6) is 5.75 Å². The van der Waals surface area contributed by atoms with Gasteiger partial charge in [-0.1, -0.05) is 27.7 Å². The van der Waals surface area contributed by atoms with E-state index in [2.05, 4.69) is 38.0 Å². The molecule has 1 amide bonds. The summed E-state index contributed by atoms with van der Waals surface area (Å²) in [5.74, 6) is 0.939. The summed E-state index contributed by atoms with van der Waals surface area (Å²) in [6.07, 6.45) is 3.88. The summed E-state index contributed by atoms with van der Waals surface area (Å²) >= 11 is 0. The van der Waals surface area contributed by atoms with Crippen LogP contribution in [0.15, 0.2) is 41.5 Å². The van der Waals surface area contributed by atoms with Crippen LogP contribution in [-0.4, -0.2) is 33.4 Å². The molecule has 2 atom stereocenters. The number of rotatable bonds is 7. The molecule has 7 heteroatoms. The van der Waals surface area contributed by atoms with Crippen molar-refractivity contribution in [2.75, 3.05) is 6.61 Å². The minimum atomic E-state index is -1.06. The summed E-state index contributed by atoms with van der Waals surface area (Å²) in [6.45, 7) is 8.89. The maximum absolute atomic E-state index is 12.7. The van der Waals surface area contributed by atoms with Crippen molar-refractivity contribution >= 4 is 27.8 Å². The van der Waals surface area contributed by atoms with Crippen LogP contribution in [0, 0.1) is 11.3 Å². The fraction of sp³-hybridized carbons (Fsp3) is 0.458. The van der Waals surface area contributed by atoms with Gasteiger partial charge < -0.3 is 19.7 Å². The Morgan fingerprint density at radius 2 is 1.97 bits per heavy atom. The predicted octanol–water partition coefficient (Wildman–Crippen LogP) is 4.56. The summed E-state index contributed by atoms with van der Waals surface area (Å²) in [6, 6.07) is 7.12. The number of benzene rings is 1. The highest BCUT2D eigenvalue weighted by Crippen LogP contribution is 2.28. The predicted molar refractivity (Wildman–Crippen MR) is 123 cm³/mol. The van der Waals surface area contributed by atoms with Crippen molar-refractivity contribution in [2.24, 2.45) is 18.4 Å². The number of fused-ring (bicyclic) bond motifs is 3. The van der Waals surface area contributed by atoms with Gasteiger partial charge in [-0.25, -0.2) is 4.79 Å². The Hall–Kier alpha value is -3.09. The van der Waals surface area contributed by atoms with Gasteiger partial charge in [0.05, 0.1) is 16.9 Å². The largest absolute Gasteiger partial charge is 0.491 e. The molecule has 166 valence electrons. The molecular formula is C24H31N3O4. The summed E-state index contributed by atoms with van der Waals surface area (Å²) in [5.41, 5.74) is 0.814. The van der Waals surface area contributed by atoms with Gasteiger partial charge in [0.1, 0.15) is 12.4 Å². The zero-order valence-corrected chi connectivity index (χ0v) is 18.8. The van der Waals surface area contributed by atoms with E-state index in [4.69, 9.17) is 4.74 Å². The maximum Gasteiger partial charge on any atom is 0.404 e. The number of amides is 1. The van der Waals surface area contributed by atoms with Crippen molar-refractivity contribution in [2.45, 2.75) is 46.6 Å². The average Bonchev–Trinajstić information content (AvgIpc) is 2.68. The Morgan fingerprint density at radius 1 is 1.23 bits per heavy atom. The topological polar surface area (TPSA) is 93.5 Å². The van der Waals surface area contributed by atoms with Crippen molar-refractivity contribution < 1.29 is 14.6 Å². The van der Waals surface area contributed by atoms with E-state index in [1.165, 1.54) is 0 Å². The van der Waals surface area contributed by atoms with E-state index >= 15 is 0 Å². The second-order valence-corrected chi connectivity index (χ2v) is 9.53. The van der Waals surface area contributed by atoms with E-state index in [1.54, 1.807) is 24.0 Å². The monoisotopic (exact) mass is 425 g/mol. The number of hydrogen-bond donors (Lipinski definition) is 2. The van der Waals surface area contributed by atoms with Crippen LogP contribution in [0.2, 0.25) is 0 Å². The molecule has 3 rings (SSSR count). The Morgan fingerprint density at radius 3 is 2.65 bits per heavy atom. The highest BCUT2D eigenvalue weighted by Gasteiger charge is 2.21. The fourth-order valence-corrected chi connectivity index (χ4v) is 4.35. The molecule has 1 aromatic carbocycles. The zero-order valence-electron chi connectivity index (χ0n) is 18.8.